The molecule has 0 aliphatic carbocycles. The molecule has 17 heteroatoms. The molecule has 12 N–H and O–H groups in total. The van der Waals surface area contributed by atoms with Crippen molar-refractivity contribution in [1.82, 2.24) is 15.6 Å². The molecule has 17 nitrogen and oxygen atoms in total. The molecule has 0 aromatic rings. The molecule has 0 saturated heterocycles. The number of unbranched alkanes of at least 4 members (excludes halogenated alkanes) is 2. The average molecular weight is 535 g/mol. The molecule has 0 aromatic heterocycles. The summed E-state index contributed by atoms with van der Waals surface area (Å²) in [5.41, 5.74) is 29.1. The van der Waals surface area contributed by atoms with Gasteiger partial charge in [0.25, 0.3) is 5.96 Å². The number of guanidine groups is 1. The van der Waals surface area contributed by atoms with E-state index in [2.05, 4.69) is 10.3 Å². The van der Waals surface area contributed by atoms with Crippen LogP contribution in [0.15, 0.2) is 4.99 Å². The van der Waals surface area contributed by atoms with Crippen LogP contribution in [0.1, 0.15) is 44.9 Å². The molecule has 37 heavy (non-hydrogen) atoms. The number of nitrogens with one attached hydrogen (secondary N) is 2. The van der Waals surface area contributed by atoms with Crippen LogP contribution in [0.2, 0.25) is 0 Å². The van der Waals surface area contributed by atoms with Crippen molar-refractivity contribution in [2.24, 2.45) is 33.7 Å². The number of rotatable bonds is 20. The smallest absolute Gasteiger partial charge is 0.410 e. The maximum absolute atomic E-state index is 12.6. The van der Waals surface area contributed by atoms with Gasteiger partial charge in [0.1, 0.15) is 19.8 Å². The number of primary amides is 1. The lowest BCUT2D eigenvalue weighted by atomic mass is 10.1. The minimum absolute atomic E-state index is 0.101. The van der Waals surface area contributed by atoms with Gasteiger partial charge in [-0.05, 0) is 51.6 Å². The van der Waals surface area contributed by atoms with Gasteiger partial charge in [0.15, 0.2) is 5.03 Å². The fourth-order valence-corrected chi connectivity index (χ4v) is 3.08. The number of carbonyl (C=O) groups excluding carboxylic acids is 3. The minimum Gasteiger partial charge on any atom is -0.448 e. The predicted octanol–water partition coefficient (Wildman–Crippen LogP) is -1.92. The van der Waals surface area contributed by atoms with Crippen LogP contribution in [0.4, 0.5) is 9.59 Å². The van der Waals surface area contributed by atoms with Crippen LogP contribution < -0.4 is 39.4 Å². The molecular formula is C20H42N10O7. The van der Waals surface area contributed by atoms with Gasteiger partial charge in [-0.3, -0.25) is 9.69 Å². The Labute approximate surface area is 215 Å². The van der Waals surface area contributed by atoms with Crippen molar-refractivity contribution in [3.05, 3.63) is 10.1 Å². The number of amides is 3. The van der Waals surface area contributed by atoms with Crippen molar-refractivity contribution >= 4 is 24.1 Å². The predicted molar refractivity (Wildman–Crippen MR) is 135 cm³/mol. The molecule has 214 valence electrons. The first-order valence-corrected chi connectivity index (χ1v) is 12.1. The number of aliphatic imine (C=N–C) groups is 1. The Balaban J connectivity index is 4.78. The van der Waals surface area contributed by atoms with Gasteiger partial charge >= 0.3 is 12.2 Å². The van der Waals surface area contributed by atoms with Gasteiger partial charge in [-0.2, -0.15) is 0 Å². The van der Waals surface area contributed by atoms with Crippen molar-refractivity contribution in [3.8, 4) is 0 Å². The molecule has 3 amide bonds. The van der Waals surface area contributed by atoms with E-state index in [0.29, 0.717) is 51.6 Å². The van der Waals surface area contributed by atoms with Crippen LogP contribution in [0.5, 0.6) is 0 Å². The summed E-state index contributed by atoms with van der Waals surface area (Å²) in [6, 6.07) is -0.999. The van der Waals surface area contributed by atoms with Crippen molar-refractivity contribution < 1.29 is 28.9 Å². The molecule has 0 aromatic carbocycles. The van der Waals surface area contributed by atoms with E-state index in [-0.39, 0.29) is 38.8 Å². The molecule has 0 fully saturated rings. The van der Waals surface area contributed by atoms with E-state index in [1.807, 2.05) is 0 Å². The van der Waals surface area contributed by atoms with Crippen LogP contribution in [0.3, 0.4) is 0 Å². The second kappa shape index (κ2) is 20.7. The molecule has 0 aliphatic heterocycles. The Kier molecular flexibility index (Phi) is 18.8. The molecule has 0 unspecified atom stereocenters. The van der Waals surface area contributed by atoms with Crippen LogP contribution in [-0.2, 0) is 14.3 Å². The first-order valence-electron chi connectivity index (χ1n) is 12.1. The van der Waals surface area contributed by atoms with E-state index in [1.165, 1.54) is 4.90 Å². The molecule has 0 saturated carbocycles. The Morgan fingerprint density at radius 2 is 1.65 bits per heavy atom. The van der Waals surface area contributed by atoms with Gasteiger partial charge in [0, 0.05) is 19.1 Å². The summed E-state index contributed by atoms with van der Waals surface area (Å²) in [5, 5.41) is 12.2. The third-order valence-corrected chi connectivity index (χ3v) is 4.92. The highest BCUT2D eigenvalue weighted by molar-refractivity contribution is 5.82. The standard InChI is InChI=1S/C20H42N10O7/c21-8-2-1-7-16(14-36-19(25)32)27-17(31)12-29(11-4-3-9-22)20(33)37-13-15(23)6-5-10-26-18(24)28-30(34)35/h15-16H,1-14,21-23H2,(H2,25,32)(H,27,31)(H3,24,26,28)/t15-,16+/m0/s1. The zero-order valence-corrected chi connectivity index (χ0v) is 21.1. The van der Waals surface area contributed by atoms with Gasteiger partial charge in [-0.15, -0.1) is 0 Å². The van der Waals surface area contributed by atoms with Gasteiger partial charge in [-0.25, -0.2) is 24.7 Å². The Morgan fingerprint density at radius 3 is 2.27 bits per heavy atom. The fraction of sp³-hybridized carbons (Fsp3) is 0.800. The SMILES string of the molecule is NCCCC[C@H](COC(N)=O)NC(=O)CN(CCCCN)C(=O)OC[C@@H](N)CCCN=C(N)N[N+](=O)[O-]. The molecular weight excluding hydrogens is 492 g/mol. The second-order valence-electron chi connectivity index (χ2n) is 8.21. The summed E-state index contributed by atoms with van der Waals surface area (Å²) in [6.07, 6.45) is 2.37. The number of ether oxygens (including phenoxy) is 2. The fourth-order valence-electron chi connectivity index (χ4n) is 3.08. The third kappa shape index (κ3) is 19.4. The lowest BCUT2D eigenvalue weighted by Crippen LogP contribution is -2.47. The van der Waals surface area contributed by atoms with Crippen molar-refractivity contribution in [1.29, 1.82) is 0 Å². The molecule has 0 aliphatic rings. The summed E-state index contributed by atoms with van der Waals surface area (Å²) < 4.78 is 10.1. The van der Waals surface area contributed by atoms with E-state index in [0.717, 1.165) is 6.42 Å². The van der Waals surface area contributed by atoms with Crippen molar-refractivity contribution in [3.63, 3.8) is 0 Å². The zero-order valence-electron chi connectivity index (χ0n) is 21.1. The van der Waals surface area contributed by atoms with E-state index in [9.17, 15) is 24.5 Å². The van der Waals surface area contributed by atoms with Crippen molar-refractivity contribution in [2.75, 3.05) is 45.9 Å². The van der Waals surface area contributed by atoms with Gasteiger partial charge in [0.05, 0.1) is 6.04 Å². The van der Waals surface area contributed by atoms with Gasteiger partial charge in [0.2, 0.25) is 5.91 Å². The molecule has 0 radical (unpaired) electrons. The number of carbonyl (C=O) groups is 3. The topological polar surface area (TPSA) is 283 Å². The monoisotopic (exact) mass is 534 g/mol. The van der Waals surface area contributed by atoms with Gasteiger partial charge in [-0.1, -0.05) is 11.8 Å². The van der Waals surface area contributed by atoms with Crippen molar-refractivity contribution in [2.45, 2.75) is 57.0 Å². The third-order valence-electron chi connectivity index (χ3n) is 4.92. The summed E-state index contributed by atoms with van der Waals surface area (Å²) in [4.78, 5) is 51.5. The van der Waals surface area contributed by atoms with Crippen LogP contribution >= 0.6 is 0 Å². The lowest BCUT2D eigenvalue weighted by molar-refractivity contribution is -0.525. The quantitative estimate of drug-likeness (QED) is 0.0296. The maximum atomic E-state index is 12.6. The summed E-state index contributed by atoms with van der Waals surface area (Å²) in [5.74, 6) is -0.780. The number of hydrogen-bond acceptors (Lipinski definition) is 11. The van der Waals surface area contributed by atoms with Gasteiger partial charge < -0.3 is 43.5 Å². The first kappa shape index (κ1) is 33.6. The molecule has 2 atom stereocenters. The second-order valence-corrected chi connectivity index (χ2v) is 8.21. The highest BCUT2D eigenvalue weighted by Crippen LogP contribution is 2.05. The van der Waals surface area contributed by atoms with E-state index < -0.39 is 35.2 Å². The largest absolute Gasteiger partial charge is 0.448 e. The highest BCUT2D eigenvalue weighted by Gasteiger charge is 2.21. The molecule has 0 heterocycles. The van der Waals surface area contributed by atoms with E-state index >= 15 is 0 Å². The Morgan fingerprint density at radius 1 is 0.973 bits per heavy atom. The lowest BCUT2D eigenvalue weighted by Gasteiger charge is -2.24. The summed E-state index contributed by atoms with van der Waals surface area (Å²) in [7, 11) is 0. The molecule has 0 bridgehead atoms. The normalized spacial score (nSPS) is 12.8. The van der Waals surface area contributed by atoms with Crippen LogP contribution in [-0.4, -0.2) is 92.0 Å². The summed E-state index contributed by atoms with van der Waals surface area (Å²) >= 11 is 0. The molecule has 0 rings (SSSR count). The van der Waals surface area contributed by atoms with E-state index in [1.54, 1.807) is 5.43 Å². The maximum Gasteiger partial charge on any atom is 0.410 e. The number of hydrazine groups is 1. The number of nitrogens with two attached hydrogens (primary N) is 5. The van der Waals surface area contributed by atoms with Crippen LogP contribution in [0, 0.1) is 10.1 Å². The Bertz CT molecular complexity index is 726. The average Bonchev–Trinajstić information content (AvgIpc) is 2.82. The number of nitrogens with zero attached hydrogens (tertiary/aromatic N) is 3. The zero-order chi connectivity index (χ0) is 28.1. The first-order chi connectivity index (χ1) is 17.6. The number of hydrogen-bond donors (Lipinski definition) is 7. The summed E-state index contributed by atoms with van der Waals surface area (Å²) in [6.45, 7) is 0.875. The molecule has 0 spiro atoms. The Hall–Kier alpha value is -3.44. The number of nitro groups is 1. The van der Waals surface area contributed by atoms with E-state index in [4.69, 9.17) is 38.1 Å². The minimum atomic E-state index is -0.954. The van der Waals surface area contributed by atoms with Crippen LogP contribution in [0.25, 0.3) is 0 Å². The highest BCUT2D eigenvalue weighted by atomic mass is 16.7.